The minimum Gasteiger partial charge on any atom is -0.380 e. The Morgan fingerprint density at radius 2 is 1.77 bits per heavy atom. The molecule has 0 atom stereocenters. The summed E-state index contributed by atoms with van der Waals surface area (Å²) < 4.78 is 44.1. The smallest absolute Gasteiger partial charge is 0.380 e. The van der Waals surface area contributed by atoms with Crippen LogP contribution in [0.4, 0.5) is 24.7 Å². The number of alkyl halides is 3. The quantitative estimate of drug-likeness (QED) is 0.464. The van der Waals surface area contributed by atoms with Gasteiger partial charge in [-0.1, -0.05) is 30.3 Å². The predicted octanol–water partition coefficient (Wildman–Crippen LogP) is 5.60. The molecule has 8 heteroatoms. The summed E-state index contributed by atoms with van der Waals surface area (Å²) in [6.45, 7) is 0.508. The average Bonchev–Trinajstić information content (AvgIpc) is 2.75. The Bertz CT molecular complexity index is 1180. The van der Waals surface area contributed by atoms with E-state index >= 15 is 0 Å². The number of rotatable bonds is 5. The van der Waals surface area contributed by atoms with Crippen LogP contribution in [0.5, 0.6) is 0 Å². The maximum Gasteiger partial charge on any atom is 0.416 e. The van der Waals surface area contributed by atoms with Crippen LogP contribution in [0.1, 0.15) is 11.1 Å². The molecular weight excluding hydrogens is 393 g/mol. The van der Waals surface area contributed by atoms with E-state index in [0.29, 0.717) is 17.8 Å². The standard InChI is InChI=1S/C22H17F3N4O/c1-30-13-14-7-9-15(10-8-14)19-18-6-3-11-26-20(18)21(29-28-19)27-17-5-2-4-16(12-17)22(23,24)25/h2-12H,13H2,1H3,(H,27,29). The van der Waals surface area contributed by atoms with Crippen molar-refractivity contribution in [2.75, 3.05) is 12.4 Å². The van der Waals surface area contributed by atoms with Gasteiger partial charge in [0, 0.05) is 29.9 Å². The molecule has 4 aromatic rings. The molecule has 2 aromatic heterocycles. The van der Waals surface area contributed by atoms with E-state index in [-0.39, 0.29) is 11.5 Å². The number of pyridine rings is 1. The van der Waals surface area contributed by atoms with Crippen LogP contribution in [-0.4, -0.2) is 22.3 Å². The molecule has 152 valence electrons. The summed E-state index contributed by atoms with van der Waals surface area (Å²) in [6.07, 6.45) is -2.82. The molecule has 4 rings (SSSR count). The van der Waals surface area contributed by atoms with Gasteiger partial charge in [-0.25, -0.2) is 0 Å². The van der Waals surface area contributed by atoms with Crippen LogP contribution < -0.4 is 5.32 Å². The van der Waals surface area contributed by atoms with Crippen molar-refractivity contribution < 1.29 is 17.9 Å². The highest BCUT2D eigenvalue weighted by atomic mass is 19.4. The summed E-state index contributed by atoms with van der Waals surface area (Å²) in [6, 6.07) is 16.3. The number of nitrogens with one attached hydrogen (secondary N) is 1. The lowest BCUT2D eigenvalue weighted by molar-refractivity contribution is -0.137. The van der Waals surface area contributed by atoms with Gasteiger partial charge in [0.2, 0.25) is 0 Å². The fourth-order valence-corrected chi connectivity index (χ4v) is 3.12. The van der Waals surface area contributed by atoms with Crippen molar-refractivity contribution >= 4 is 22.4 Å². The third-order valence-corrected chi connectivity index (χ3v) is 4.53. The summed E-state index contributed by atoms with van der Waals surface area (Å²) in [7, 11) is 1.63. The normalized spacial score (nSPS) is 11.6. The molecule has 0 amide bonds. The lowest BCUT2D eigenvalue weighted by Gasteiger charge is -2.12. The first-order valence-electron chi connectivity index (χ1n) is 9.09. The first-order chi connectivity index (χ1) is 14.5. The maximum atomic E-state index is 13.0. The molecule has 30 heavy (non-hydrogen) atoms. The molecule has 1 N–H and O–H groups in total. The fraction of sp³-hybridized carbons (Fsp3) is 0.136. The van der Waals surface area contributed by atoms with Crippen molar-refractivity contribution in [3.8, 4) is 11.3 Å². The van der Waals surface area contributed by atoms with Crippen molar-refractivity contribution in [3.05, 3.63) is 78.0 Å². The second-order valence-corrected chi connectivity index (χ2v) is 6.63. The second kappa shape index (κ2) is 8.08. The molecule has 0 spiro atoms. The molecule has 0 radical (unpaired) electrons. The topological polar surface area (TPSA) is 59.9 Å². The van der Waals surface area contributed by atoms with Gasteiger partial charge in [0.1, 0.15) is 11.2 Å². The van der Waals surface area contributed by atoms with Crippen LogP contribution in [0, 0.1) is 0 Å². The van der Waals surface area contributed by atoms with Crippen molar-refractivity contribution in [2.45, 2.75) is 12.8 Å². The molecule has 0 aliphatic carbocycles. The SMILES string of the molecule is COCc1ccc(-c2nnc(Nc3cccc(C(F)(F)F)c3)c3ncccc23)cc1. The molecule has 0 aliphatic rings. The molecule has 2 heterocycles. The first-order valence-corrected chi connectivity index (χ1v) is 9.09. The lowest BCUT2D eigenvalue weighted by atomic mass is 10.1. The van der Waals surface area contributed by atoms with E-state index in [0.717, 1.165) is 28.6 Å². The van der Waals surface area contributed by atoms with E-state index in [1.54, 1.807) is 19.4 Å². The van der Waals surface area contributed by atoms with Crippen LogP contribution in [0.2, 0.25) is 0 Å². The third-order valence-electron chi connectivity index (χ3n) is 4.53. The van der Waals surface area contributed by atoms with Crippen molar-refractivity contribution in [3.63, 3.8) is 0 Å². The number of nitrogens with zero attached hydrogens (tertiary/aromatic N) is 3. The molecule has 0 bridgehead atoms. The number of halogens is 3. The highest BCUT2D eigenvalue weighted by Crippen LogP contribution is 2.33. The second-order valence-electron chi connectivity index (χ2n) is 6.63. The zero-order chi connectivity index (χ0) is 21.1. The Morgan fingerprint density at radius 1 is 0.967 bits per heavy atom. The van der Waals surface area contributed by atoms with Gasteiger partial charge in [-0.3, -0.25) is 4.98 Å². The summed E-state index contributed by atoms with van der Waals surface area (Å²) in [5.41, 5.74) is 2.54. The Hall–Kier alpha value is -3.52. The van der Waals surface area contributed by atoms with E-state index in [1.165, 1.54) is 12.1 Å². The van der Waals surface area contributed by atoms with Gasteiger partial charge in [0.25, 0.3) is 0 Å². The van der Waals surface area contributed by atoms with Gasteiger partial charge in [-0.15, -0.1) is 10.2 Å². The molecule has 0 saturated carbocycles. The van der Waals surface area contributed by atoms with E-state index < -0.39 is 11.7 Å². The highest BCUT2D eigenvalue weighted by Gasteiger charge is 2.30. The fourth-order valence-electron chi connectivity index (χ4n) is 3.12. The first kappa shape index (κ1) is 19.8. The van der Waals surface area contributed by atoms with Gasteiger partial charge in [-0.05, 0) is 35.9 Å². The number of hydrogen-bond donors (Lipinski definition) is 1. The van der Waals surface area contributed by atoms with Gasteiger partial charge in [0.05, 0.1) is 12.2 Å². The number of methoxy groups -OCH3 is 1. The Morgan fingerprint density at radius 3 is 2.50 bits per heavy atom. The number of anilines is 2. The Balaban J connectivity index is 1.73. The van der Waals surface area contributed by atoms with Crippen LogP contribution in [0.3, 0.4) is 0 Å². The summed E-state index contributed by atoms with van der Waals surface area (Å²) >= 11 is 0. The van der Waals surface area contributed by atoms with Crippen molar-refractivity contribution in [1.82, 2.24) is 15.2 Å². The van der Waals surface area contributed by atoms with Gasteiger partial charge >= 0.3 is 6.18 Å². The molecule has 0 saturated heterocycles. The molecule has 0 fully saturated rings. The van der Waals surface area contributed by atoms with Gasteiger partial charge in [-0.2, -0.15) is 13.2 Å². The average molecular weight is 410 g/mol. The van der Waals surface area contributed by atoms with Crippen LogP contribution >= 0.6 is 0 Å². The van der Waals surface area contributed by atoms with Crippen LogP contribution in [0.25, 0.3) is 22.2 Å². The summed E-state index contributed by atoms with van der Waals surface area (Å²) in [5, 5.41) is 12.2. The van der Waals surface area contributed by atoms with Crippen molar-refractivity contribution in [1.29, 1.82) is 0 Å². The number of fused-ring (bicyclic) bond motifs is 1. The number of benzene rings is 2. The minimum atomic E-state index is -4.43. The third kappa shape index (κ3) is 4.08. The zero-order valence-corrected chi connectivity index (χ0v) is 15.9. The van der Waals surface area contributed by atoms with E-state index in [4.69, 9.17) is 4.74 Å². The maximum absolute atomic E-state index is 13.0. The van der Waals surface area contributed by atoms with Crippen molar-refractivity contribution in [2.24, 2.45) is 0 Å². The predicted molar refractivity (Wildman–Crippen MR) is 108 cm³/mol. The number of aromatic nitrogens is 3. The van der Waals surface area contributed by atoms with Gasteiger partial charge in [0.15, 0.2) is 5.82 Å². The van der Waals surface area contributed by atoms with E-state index in [9.17, 15) is 13.2 Å². The molecule has 5 nitrogen and oxygen atoms in total. The molecular formula is C22H17F3N4O. The Labute approximate surface area is 170 Å². The van der Waals surface area contributed by atoms with E-state index in [1.807, 2.05) is 30.3 Å². The molecule has 2 aromatic carbocycles. The zero-order valence-electron chi connectivity index (χ0n) is 15.9. The lowest BCUT2D eigenvalue weighted by Crippen LogP contribution is -2.06. The Kier molecular flexibility index (Phi) is 5.33. The summed E-state index contributed by atoms with van der Waals surface area (Å²) in [5.74, 6) is 0.282. The van der Waals surface area contributed by atoms with E-state index in [2.05, 4.69) is 20.5 Å². The van der Waals surface area contributed by atoms with Crippen LogP contribution in [0.15, 0.2) is 66.9 Å². The number of ether oxygens (including phenoxy) is 1. The largest absolute Gasteiger partial charge is 0.416 e. The molecule has 0 aliphatic heterocycles. The number of hydrogen-bond acceptors (Lipinski definition) is 5. The minimum absolute atomic E-state index is 0.253. The molecule has 0 unspecified atom stereocenters. The van der Waals surface area contributed by atoms with Gasteiger partial charge < -0.3 is 10.1 Å². The summed E-state index contributed by atoms with van der Waals surface area (Å²) in [4.78, 5) is 4.37. The monoisotopic (exact) mass is 410 g/mol. The van der Waals surface area contributed by atoms with Crippen LogP contribution in [-0.2, 0) is 17.5 Å². The highest BCUT2D eigenvalue weighted by molar-refractivity contribution is 5.98.